The van der Waals surface area contributed by atoms with Gasteiger partial charge >= 0.3 is 0 Å². The molecule has 5 heteroatoms. The molecule has 0 atom stereocenters. The van der Waals surface area contributed by atoms with Gasteiger partial charge in [0.25, 0.3) is 0 Å². The smallest absolute Gasteiger partial charge is 0.225 e. The maximum atomic E-state index is 11.9. The molecule has 0 radical (unpaired) electrons. The molecule has 1 N–H and O–H groups in total. The highest BCUT2D eigenvalue weighted by Gasteiger charge is 2.19. The summed E-state index contributed by atoms with van der Waals surface area (Å²) in [7, 11) is 2.13. The summed E-state index contributed by atoms with van der Waals surface area (Å²) in [4.78, 5) is 18.3. The number of aromatic nitrogens is 1. The van der Waals surface area contributed by atoms with Crippen molar-refractivity contribution in [1.29, 1.82) is 0 Å². The van der Waals surface area contributed by atoms with Crippen molar-refractivity contribution >= 4 is 27.7 Å². The maximum absolute atomic E-state index is 11.9. The lowest BCUT2D eigenvalue weighted by Gasteiger charge is -2.28. The molecule has 0 saturated carbocycles. The van der Waals surface area contributed by atoms with Gasteiger partial charge in [-0.2, -0.15) is 0 Å². The molecule has 1 aromatic heterocycles. The summed E-state index contributed by atoms with van der Waals surface area (Å²) in [5, 5.41) is 2.85. The van der Waals surface area contributed by atoms with Crippen LogP contribution in [0.3, 0.4) is 0 Å². The van der Waals surface area contributed by atoms with Crippen molar-refractivity contribution in [2.45, 2.75) is 19.3 Å². The average Bonchev–Trinajstić information content (AvgIpc) is 2.32. The molecule has 1 fully saturated rings. The topological polar surface area (TPSA) is 45.2 Å². The van der Waals surface area contributed by atoms with Crippen LogP contribution in [0.4, 0.5) is 5.82 Å². The molecular formula is C13H18BrN3O. The number of rotatable bonds is 3. The van der Waals surface area contributed by atoms with Gasteiger partial charge in [-0.25, -0.2) is 4.98 Å². The second kappa shape index (κ2) is 6.29. The van der Waals surface area contributed by atoms with E-state index in [1.54, 1.807) is 6.20 Å². The van der Waals surface area contributed by atoms with E-state index in [2.05, 4.69) is 38.2 Å². The number of hydrogen-bond acceptors (Lipinski definition) is 3. The lowest BCUT2D eigenvalue weighted by molar-refractivity contribution is -0.117. The van der Waals surface area contributed by atoms with Crippen LogP contribution in [0.5, 0.6) is 0 Å². The number of hydrogen-bond donors (Lipinski definition) is 1. The number of pyridine rings is 1. The van der Waals surface area contributed by atoms with Crippen molar-refractivity contribution in [3.63, 3.8) is 0 Å². The Morgan fingerprint density at radius 1 is 1.56 bits per heavy atom. The van der Waals surface area contributed by atoms with Crippen molar-refractivity contribution in [3.8, 4) is 0 Å². The number of carbonyl (C=O) groups excluding carboxylic acids is 1. The summed E-state index contributed by atoms with van der Waals surface area (Å²) in [6, 6.07) is 3.65. The molecule has 4 nitrogen and oxygen atoms in total. The number of nitrogens with zero attached hydrogens (tertiary/aromatic N) is 2. The van der Waals surface area contributed by atoms with Crippen LogP contribution in [0.25, 0.3) is 0 Å². The van der Waals surface area contributed by atoms with Crippen LogP contribution in [0.1, 0.15) is 19.3 Å². The predicted octanol–water partition coefficient (Wildman–Crippen LogP) is 2.51. The summed E-state index contributed by atoms with van der Waals surface area (Å²) in [5.74, 6) is 1.19. The second-order valence-corrected chi connectivity index (χ2v) is 5.77. The van der Waals surface area contributed by atoms with E-state index < -0.39 is 0 Å². The van der Waals surface area contributed by atoms with E-state index in [-0.39, 0.29) is 5.91 Å². The highest BCUT2D eigenvalue weighted by molar-refractivity contribution is 9.10. The molecule has 1 amide bonds. The first kappa shape index (κ1) is 13.5. The van der Waals surface area contributed by atoms with Crippen LogP contribution < -0.4 is 5.32 Å². The highest BCUT2D eigenvalue weighted by Crippen LogP contribution is 2.20. The Bertz CT molecular complexity index is 416. The van der Waals surface area contributed by atoms with Gasteiger partial charge in [-0.1, -0.05) is 15.9 Å². The van der Waals surface area contributed by atoms with E-state index in [4.69, 9.17) is 0 Å². The molecule has 1 aromatic rings. The van der Waals surface area contributed by atoms with E-state index in [0.29, 0.717) is 18.2 Å². The fourth-order valence-electron chi connectivity index (χ4n) is 2.20. The fourth-order valence-corrected chi connectivity index (χ4v) is 2.53. The molecule has 0 unspecified atom stereocenters. The number of anilines is 1. The summed E-state index contributed by atoms with van der Waals surface area (Å²) in [6.07, 6.45) is 4.49. The quantitative estimate of drug-likeness (QED) is 0.933. The summed E-state index contributed by atoms with van der Waals surface area (Å²) in [6.45, 7) is 2.18. The van der Waals surface area contributed by atoms with Gasteiger partial charge in [0.2, 0.25) is 5.91 Å². The number of amides is 1. The highest BCUT2D eigenvalue weighted by atomic mass is 79.9. The number of piperidine rings is 1. The first-order valence-electron chi connectivity index (χ1n) is 6.23. The van der Waals surface area contributed by atoms with Gasteiger partial charge in [-0.05, 0) is 51.0 Å². The van der Waals surface area contributed by atoms with E-state index in [0.717, 1.165) is 30.4 Å². The van der Waals surface area contributed by atoms with Crippen LogP contribution in [-0.2, 0) is 4.79 Å². The van der Waals surface area contributed by atoms with Crippen LogP contribution in [0.15, 0.2) is 22.8 Å². The Kier molecular flexibility index (Phi) is 4.72. The SMILES string of the molecule is CN1CCC(CC(=O)Nc2cc(Br)ccn2)CC1. The lowest BCUT2D eigenvalue weighted by atomic mass is 9.93. The third kappa shape index (κ3) is 4.07. The first-order chi connectivity index (χ1) is 8.63. The van der Waals surface area contributed by atoms with Crippen LogP contribution in [0, 0.1) is 5.92 Å². The largest absolute Gasteiger partial charge is 0.311 e. The Labute approximate surface area is 116 Å². The Balaban J connectivity index is 1.82. The molecule has 0 aliphatic carbocycles. The van der Waals surface area contributed by atoms with E-state index in [1.807, 2.05) is 12.1 Å². The molecule has 2 rings (SSSR count). The third-order valence-electron chi connectivity index (χ3n) is 3.30. The number of carbonyl (C=O) groups is 1. The van der Waals surface area contributed by atoms with Gasteiger partial charge in [0, 0.05) is 17.1 Å². The van der Waals surface area contributed by atoms with Gasteiger partial charge in [0.15, 0.2) is 0 Å². The Morgan fingerprint density at radius 3 is 2.94 bits per heavy atom. The van der Waals surface area contributed by atoms with E-state index in [1.165, 1.54) is 0 Å². The van der Waals surface area contributed by atoms with Crippen LogP contribution >= 0.6 is 15.9 Å². The van der Waals surface area contributed by atoms with Gasteiger partial charge in [-0.3, -0.25) is 4.79 Å². The molecule has 0 aromatic carbocycles. The summed E-state index contributed by atoms with van der Waals surface area (Å²) >= 11 is 3.36. The standard InChI is InChI=1S/C13H18BrN3O/c1-17-6-3-10(4-7-17)8-13(18)16-12-9-11(14)2-5-15-12/h2,5,9-10H,3-4,6-8H2,1H3,(H,15,16,18). The second-order valence-electron chi connectivity index (χ2n) is 4.86. The molecule has 1 aliphatic heterocycles. The molecule has 2 heterocycles. The van der Waals surface area contributed by atoms with Gasteiger partial charge < -0.3 is 10.2 Å². The van der Waals surface area contributed by atoms with Gasteiger partial charge in [0.1, 0.15) is 5.82 Å². The van der Waals surface area contributed by atoms with Crippen molar-refractivity contribution < 1.29 is 4.79 Å². The number of halogens is 1. The monoisotopic (exact) mass is 311 g/mol. The molecule has 1 saturated heterocycles. The minimum absolute atomic E-state index is 0.0650. The molecule has 0 spiro atoms. The zero-order valence-electron chi connectivity index (χ0n) is 10.5. The number of nitrogens with one attached hydrogen (secondary N) is 1. The van der Waals surface area contributed by atoms with Crippen molar-refractivity contribution in [3.05, 3.63) is 22.8 Å². The minimum Gasteiger partial charge on any atom is -0.311 e. The first-order valence-corrected chi connectivity index (χ1v) is 7.03. The average molecular weight is 312 g/mol. The fraction of sp³-hybridized carbons (Fsp3) is 0.538. The van der Waals surface area contributed by atoms with Gasteiger partial charge in [-0.15, -0.1) is 0 Å². The molecule has 18 heavy (non-hydrogen) atoms. The van der Waals surface area contributed by atoms with E-state index in [9.17, 15) is 4.79 Å². The predicted molar refractivity (Wildman–Crippen MR) is 75.4 cm³/mol. The Morgan fingerprint density at radius 2 is 2.28 bits per heavy atom. The molecule has 1 aliphatic rings. The molecular weight excluding hydrogens is 294 g/mol. The van der Waals surface area contributed by atoms with Crippen LogP contribution in [-0.4, -0.2) is 35.9 Å². The lowest BCUT2D eigenvalue weighted by Crippen LogP contribution is -2.32. The van der Waals surface area contributed by atoms with Crippen LogP contribution in [0.2, 0.25) is 0 Å². The normalized spacial score (nSPS) is 17.7. The zero-order valence-corrected chi connectivity index (χ0v) is 12.1. The summed E-state index contributed by atoms with van der Waals surface area (Å²) in [5.41, 5.74) is 0. The molecule has 0 bridgehead atoms. The third-order valence-corrected chi connectivity index (χ3v) is 3.79. The van der Waals surface area contributed by atoms with Gasteiger partial charge in [0.05, 0.1) is 0 Å². The molecule has 98 valence electrons. The minimum atomic E-state index is 0.0650. The van der Waals surface area contributed by atoms with Crippen molar-refractivity contribution in [2.24, 2.45) is 5.92 Å². The Hall–Kier alpha value is -0.940. The van der Waals surface area contributed by atoms with Crippen molar-refractivity contribution in [1.82, 2.24) is 9.88 Å². The maximum Gasteiger partial charge on any atom is 0.225 e. The zero-order chi connectivity index (χ0) is 13.0. The number of likely N-dealkylation sites (tertiary alicyclic amines) is 1. The summed E-state index contributed by atoms with van der Waals surface area (Å²) < 4.78 is 0.923. The van der Waals surface area contributed by atoms with Crippen molar-refractivity contribution in [2.75, 3.05) is 25.5 Å². The van der Waals surface area contributed by atoms with E-state index >= 15 is 0 Å².